The van der Waals surface area contributed by atoms with Crippen LogP contribution in [0.1, 0.15) is 49.2 Å². The number of fused-ring (bicyclic) bond motifs is 1. The van der Waals surface area contributed by atoms with E-state index in [9.17, 15) is 14.4 Å². The lowest BCUT2D eigenvalue weighted by molar-refractivity contribution is -0.121. The lowest BCUT2D eigenvalue weighted by Gasteiger charge is -2.19. The largest absolute Gasteiger partial charge is 0.454 e. The molecule has 0 aliphatic carbocycles. The summed E-state index contributed by atoms with van der Waals surface area (Å²) in [7, 11) is 0. The zero-order chi connectivity index (χ0) is 24.9. The van der Waals surface area contributed by atoms with Crippen molar-refractivity contribution in [3.05, 3.63) is 53.6 Å². The minimum Gasteiger partial charge on any atom is -0.454 e. The Bertz CT molecular complexity index is 1160. The van der Waals surface area contributed by atoms with E-state index >= 15 is 0 Å². The summed E-state index contributed by atoms with van der Waals surface area (Å²) in [6.07, 6.45) is 0.00927. The van der Waals surface area contributed by atoms with Gasteiger partial charge in [-0.1, -0.05) is 23.9 Å². The molecule has 0 radical (unpaired) electrons. The van der Waals surface area contributed by atoms with E-state index in [1.807, 2.05) is 43.9 Å². The second-order valence-corrected chi connectivity index (χ2v) is 9.32. The van der Waals surface area contributed by atoms with Crippen LogP contribution in [-0.4, -0.2) is 52.9 Å². The summed E-state index contributed by atoms with van der Waals surface area (Å²) < 4.78 is 10.7. The molecule has 0 bridgehead atoms. The molecule has 0 unspecified atom stereocenters. The highest BCUT2D eigenvalue weighted by Crippen LogP contribution is 2.34. The fraction of sp³-hybridized carbons (Fsp3) is 0.360. The minimum absolute atomic E-state index is 0.00927. The van der Waals surface area contributed by atoms with Crippen LogP contribution >= 0.6 is 11.8 Å². The molecule has 2 N–H and O–H groups in total. The summed E-state index contributed by atoms with van der Waals surface area (Å²) in [4.78, 5) is 43.8. The third kappa shape index (κ3) is 5.76. The quantitative estimate of drug-likeness (QED) is 0.575. The van der Waals surface area contributed by atoms with Crippen LogP contribution in [0.5, 0.6) is 11.5 Å². The summed E-state index contributed by atoms with van der Waals surface area (Å²) in [5.74, 6) is 0.465. The van der Waals surface area contributed by atoms with Gasteiger partial charge >= 0.3 is 0 Å². The van der Waals surface area contributed by atoms with Crippen molar-refractivity contribution in [2.24, 2.45) is 4.99 Å². The van der Waals surface area contributed by atoms with Crippen LogP contribution in [0, 0.1) is 0 Å². The number of nitrogens with one attached hydrogen (secondary N) is 2. The Labute approximate surface area is 208 Å². The number of aliphatic imine (C=N–C) groups is 1. The van der Waals surface area contributed by atoms with Gasteiger partial charge in [-0.3, -0.25) is 14.4 Å². The molecule has 2 aromatic rings. The fourth-order valence-corrected chi connectivity index (χ4v) is 5.00. The molecule has 0 fully saturated rings. The average Bonchev–Trinajstić information content (AvgIpc) is 3.46. The first-order valence-corrected chi connectivity index (χ1v) is 12.4. The molecule has 0 spiro atoms. The Morgan fingerprint density at radius 3 is 2.69 bits per heavy atom. The maximum atomic E-state index is 12.8. The summed E-state index contributed by atoms with van der Waals surface area (Å²) >= 11 is 1.32. The molecule has 3 amide bonds. The van der Waals surface area contributed by atoms with Crippen LogP contribution in [0.3, 0.4) is 0 Å². The number of amidine groups is 1. The molecule has 35 heavy (non-hydrogen) atoms. The number of benzene rings is 2. The van der Waals surface area contributed by atoms with Crippen LogP contribution in [0.2, 0.25) is 0 Å². The molecular formula is C25H28N4O5S. The Balaban J connectivity index is 1.33. The third-order valence-electron chi connectivity index (χ3n) is 5.79. The molecule has 0 aromatic heterocycles. The van der Waals surface area contributed by atoms with Gasteiger partial charge in [-0.05, 0) is 56.7 Å². The van der Waals surface area contributed by atoms with E-state index in [2.05, 4.69) is 15.6 Å². The molecular weight excluding hydrogens is 468 g/mol. The highest BCUT2D eigenvalue weighted by Gasteiger charge is 2.32. The molecule has 9 nitrogen and oxygen atoms in total. The number of carbonyl (C=O) groups excluding carboxylic acids is 3. The Hall–Kier alpha value is -3.53. The molecule has 2 atom stereocenters. The van der Waals surface area contributed by atoms with Crippen molar-refractivity contribution < 1.29 is 23.9 Å². The molecule has 0 saturated carbocycles. The van der Waals surface area contributed by atoms with E-state index in [1.165, 1.54) is 11.8 Å². The van der Waals surface area contributed by atoms with Gasteiger partial charge in [0.25, 0.3) is 11.8 Å². The van der Waals surface area contributed by atoms with Gasteiger partial charge in [0.05, 0.1) is 6.04 Å². The maximum absolute atomic E-state index is 12.8. The second-order valence-electron chi connectivity index (χ2n) is 8.15. The van der Waals surface area contributed by atoms with E-state index in [1.54, 1.807) is 24.3 Å². The van der Waals surface area contributed by atoms with Crippen LogP contribution in [0.25, 0.3) is 0 Å². The third-order valence-corrected chi connectivity index (χ3v) is 7.00. The molecule has 184 valence electrons. The SMILES string of the molecule is CCN(CC)C1=NC(=O)[C@H](CC(=O)Nc2cccc(C(=O)N[C@@H](C)c3ccc4c(c3)OCO4)c2)S1. The summed E-state index contributed by atoms with van der Waals surface area (Å²) in [5.41, 5.74) is 1.78. The van der Waals surface area contributed by atoms with Crippen LogP contribution in [0.4, 0.5) is 5.69 Å². The molecule has 2 aliphatic heterocycles. The topological polar surface area (TPSA) is 109 Å². The monoisotopic (exact) mass is 496 g/mol. The number of anilines is 1. The van der Waals surface area contributed by atoms with Crippen LogP contribution in [-0.2, 0) is 9.59 Å². The normalized spacial score (nSPS) is 17.1. The molecule has 10 heteroatoms. The highest BCUT2D eigenvalue weighted by molar-refractivity contribution is 8.15. The van der Waals surface area contributed by atoms with E-state index in [-0.39, 0.29) is 37.0 Å². The van der Waals surface area contributed by atoms with Crippen molar-refractivity contribution in [2.75, 3.05) is 25.2 Å². The first-order valence-electron chi connectivity index (χ1n) is 11.5. The van der Waals surface area contributed by atoms with Gasteiger partial charge < -0.3 is 25.0 Å². The maximum Gasteiger partial charge on any atom is 0.262 e. The van der Waals surface area contributed by atoms with E-state index < -0.39 is 5.25 Å². The molecule has 2 aromatic carbocycles. The number of rotatable bonds is 8. The van der Waals surface area contributed by atoms with Crippen molar-refractivity contribution in [1.29, 1.82) is 0 Å². The standard InChI is InChI=1S/C25H28N4O5S/c1-4-29(5-2)25-28-24(32)21(35-25)13-22(30)27-18-8-6-7-17(11-18)23(31)26-15(3)16-9-10-19-20(12-16)34-14-33-19/h6-12,15,21H,4-5,13-14H2,1-3H3,(H,26,31)(H,27,30)/t15-,21-/m0/s1. The van der Waals surface area contributed by atoms with Gasteiger partial charge in [-0.15, -0.1) is 0 Å². The lowest BCUT2D eigenvalue weighted by Crippen LogP contribution is -2.28. The Morgan fingerprint density at radius 1 is 1.14 bits per heavy atom. The number of carbonyl (C=O) groups is 3. The minimum atomic E-state index is -0.542. The molecule has 0 saturated heterocycles. The van der Waals surface area contributed by atoms with Crippen molar-refractivity contribution in [3.63, 3.8) is 0 Å². The van der Waals surface area contributed by atoms with Crippen molar-refractivity contribution in [3.8, 4) is 11.5 Å². The summed E-state index contributed by atoms with van der Waals surface area (Å²) in [5, 5.41) is 5.87. The second kappa shape index (κ2) is 10.8. The van der Waals surface area contributed by atoms with E-state index in [4.69, 9.17) is 9.47 Å². The van der Waals surface area contributed by atoms with Gasteiger partial charge in [0.15, 0.2) is 16.7 Å². The number of nitrogens with zero attached hydrogens (tertiary/aromatic N) is 2. The van der Waals surface area contributed by atoms with E-state index in [0.717, 1.165) is 18.7 Å². The molecule has 4 rings (SSSR count). The lowest BCUT2D eigenvalue weighted by atomic mass is 10.1. The average molecular weight is 497 g/mol. The van der Waals surface area contributed by atoms with Crippen LogP contribution < -0.4 is 20.1 Å². The highest BCUT2D eigenvalue weighted by atomic mass is 32.2. The zero-order valence-electron chi connectivity index (χ0n) is 19.9. The van der Waals surface area contributed by atoms with E-state index in [0.29, 0.717) is 27.9 Å². The van der Waals surface area contributed by atoms with Crippen molar-refractivity contribution in [1.82, 2.24) is 10.2 Å². The summed E-state index contributed by atoms with van der Waals surface area (Å²) in [6.45, 7) is 7.56. The Morgan fingerprint density at radius 2 is 1.91 bits per heavy atom. The van der Waals surface area contributed by atoms with Gasteiger partial charge in [0.2, 0.25) is 12.7 Å². The van der Waals surface area contributed by atoms with Gasteiger partial charge in [0.1, 0.15) is 5.25 Å². The number of hydrogen-bond donors (Lipinski definition) is 2. The predicted molar refractivity (Wildman–Crippen MR) is 135 cm³/mol. The van der Waals surface area contributed by atoms with Crippen molar-refractivity contribution >= 4 is 40.3 Å². The predicted octanol–water partition coefficient (Wildman–Crippen LogP) is 3.57. The van der Waals surface area contributed by atoms with Gasteiger partial charge in [-0.25, -0.2) is 0 Å². The number of amides is 3. The number of hydrogen-bond acceptors (Lipinski definition) is 7. The zero-order valence-corrected chi connectivity index (χ0v) is 20.7. The van der Waals surface area contributed by atoms with Gasteiger partial charge in [0, 0.05) is 30.8 Å². The molecule has 2 heterocycles. The Kier molecular flexibility index (Phi) is 7.60. The molecule has 2 aliphatic rings. The summed E-state index contributed by atoms with van der Waals surface area (Å²) in [6, 6.07) is 12.0. The van der Waals surface area contributed by atoms with Crippen molar-refractivity contribution in [2.45, 2.75) is 38.5 Å². The fourth-order valence-electron chi connectivity index (χ4n) is 3.80. The van der Waals surface area contributed by atoms with Gasteiger partial charge in [-0.2, -0.15) is 4.99 Å². The van der Waals surface area contributed by atoms with Crippen LogP contribution in [0.15, 0.2) is 47.5 Å². The first kappa shape index (κ1) is 24.6. The number of ether oxygens (including phenoxy) is 2. The smallest absolute Gasteiger partial charge is 0.262 e. The number of thioether (sulfide) groups is 1. The first-order chi connectivity index (χ1) is 16.9.